The number of thioether (sulfide) groups is 1. The van der Waals surface area contributed by atoms with E-state index in [-0.39, 0.29) is 0 Å². The van der Waals surface area contributed by atoms with Gasteiger partial charge in [-0.2, -0.15) is 0 Å². The van der Waals surface area contributed by atoms with Crippen molar-refractivity contribution in [3.05, 3.63) is 23.2 Å². The molecule has 1 aliphatic rings. The van der Waals surface area contributed by atoms with Crippen LogP contribution in [0, 0.1) is 0 Å². The summed E-state index contributed by atoms with van der Waals surface area (Å²) in [5, 5.41) is 2.04. The molecular weight excluding hydrogens is 184 g/mol. The van der Waals surface area contributed by atoms with Crippen LogP contribution in [0.5, 0.6) is 0 Å². The van der Waals surface area contributed by atoms with Gasteiger partial charge < -0.3 is 0 Å². The van der Waals surface area contributed by atoms with Crippen molar-refractivity contribution in [1.29, 1.82) is 0 Å². The lowest BCUT2D eigenvalue weighted by Gasteiger charge is -1.89. The monoisotopic (exact) mass is 189 g/mol. The summed E-state index contributed by atoms with van der Waals surface area (Å²) >= 11 is 9.12. The van der Waals surface area contributed by atoms with Gasteiger partial charge in [-0.1, -0.05) is 23.4 Å². The van der Waals surface area contributed by atoms with Gasteiger partial charge in [-0.05, 0) is 18.2 Å². The maximum atomic E-state index is 5.81. The number of benzene rings is 1. The van der Waals surface area contributed by atoms with Gasteiger partial charge in [-0.25, -0.2) is 0 Å². The van der Waals surface area contributed by atoms with Crippen molar-refractivity contribution in [1.82, 2.24) is 0 Å². The number of halogens is 1. The zero-order valence-electron chi connectivity index (χ0n) is 5.17. The second-order valence-corrected chi connectivity index (χ2v) is 5.04. The van der Waals surface area contributed by atoms with E-state index < -0.39 is 0 Å². The average Bonchev–Trinajstić information content (AvgIpc) is 2.33. The van der Waals surface area contributed by atoms with Crippen LogP contribution in [0.3, 0.4) is 0 Å². The smallest absolute Gasteiger partial charge is 0.0843 e. The first kappa shape index (κ1) is 6.89. The van der Waals surface area contributed by atoms with Crippen molar-refractivity contribution in [2.45, 2.75) is 9.79 Å². The molecule has 0 aromatic heterocycles. The summed E-state index contributed by atoms with van der Waals surface area (Å²) in [4.78, 5) is 2.78. The van der Waals surface area contributed by atoms with Crippen LogP contribution < -0.4 is 0 Å². The minimum Gasteiger partial charge on any atom is -0.0843 e. The third-order valence-electron chi connectivity index (χ3n) is 1.38. The lowest BCUT2D eigenvalue weighted by Crippen LogP contribution is -1.75. The van der Waals surface area contributed by atoms with Crippen molar-refractivity contribution in [2.24, 2.45) is 0 Å². The van der Waals surface area contributed by atoms with E-state index in [1.807, 2.05) is 23.9 Å². The molecule has 0 fully saturated rings. The van der Waals surface area contributed by atoms with Gasteiger partial charge in [-0.15, -0.1) is 0 Å². The molecule has 0 radical (unpaired) electrons. The molecule has 0 nitrogen and oxygen atoms in total. The largest absolute Gasteiger partial charge is 0.167 e. The van der Waals surface area contributed by atoms with E-state index in [1.165, 1.54) is 26.6 Å². The van der Waals surface area contributed by atoms with Gasteiger partial charge in [0, 0.05) is 16.8 Å². The highest BCUT2D eigenvalue weighted by Crippen LogP contribution is 2.34. The summed E-state index contributed by atoms with van der Waals surface area (Å²) in [5.41, 5.74) is 0. The molecule has 10 heavy (non-hydrogen) atoms. The Labute approximate surface area is 73.3 Å². The summed E-state index contributed by atoms with van der Waals surface area (Å²) in [5.74, 6) is 0. The van der Waals surface area contributed by atoms with E-state index in [0.29, 0.717) is 0 Å². The lowest BCUT2D eigenvalue weighted by atomic mass is 10.4. The molecule has 1 aromatic carbocycles. The first-order chi connectivity index (χ1) is 4.86. The summed E-state index contributed by atoms with van der Waals surface area (Å²) in [6.45, 7) is 0. The quantitative estimate of drug-likeness (QED) is 0.447. The van der Waals surface area contributed by atoms with Gasteiger partial charge in [0.25, 0.3) is 0 Å². The normalized spacial score (nSPS) is 15.3. The number of fused-ring (bicyclic) bond motifs is 1. The van der Waals surface area contributed by atoms with Crippen molar-refractivity contribution in [2.75, 3.05) is 5.08 Å². The number of thiol groups is 1. The van der Waals surface area contributed by atoms with E-state index in [2.05, 4.69) is 6.07 Å². The molecule has 0 aliphatic carbocycles. The maximum Gasteiger partial charge on any atom is 0.167 e. The van der Waals surface area contributed by atoms with Crippen LogP contribution >= 0.6 is 23.4 Å². The van der Waals surface area contributed by atoms with Crippen LogP contribution in [0.4, 0.5) is 0 Å². The second-order valence-electron chi connectivity index (χ2n) is 2.04. The summed E-state index contributed by atoms with van der Waals surface area (Å²) < 4.78 is 0. The van der Waals surface area contributed by atoms with E-state index in [0.717, 1.165) is 5.02 Å². The van der Waals surface area contributed by atoms with Crippen molar-refractivity contribution < 1.29 is 0 Å². The number of hydrogen-bond acceptors (Lipinski definition) is 1. The second kappa shape index (κ2) is 2.68. The molecule has 1 aliphatic heterocycles. The van der Waals surface area contributed by atoms with Crippen molar-refractivity contribution >= 4 is 35.1 Å². The third kappa shape index (κ3) is 1.16. The van der Waals surface area contributed by atoms with Gasteiger partial charge >= 0.3 is 0 Å². The van der Waals surface area contributed by atoms with Crippen LogP contribution in [0.1, 0.15) is 0 Å². The predicted octanol–water partition coefficient (Wildman–Crippen LogP) is 2.58. The number of hydrogen-bond donors (Lipinski definition) is 0. The summed E-state index contributed by atoms with van der Waals surface area (Å²) in [7, 11) is 0. The summed E-state index contributed by atoms with van der Waals surface area (Å²) in [6.07, 6.45) is 0. The molecule has 0 bridgehead atoms. The zero-order chi connectivity index (χ0) is 6.97. The fourth-order valence-corrected chi connectivity index (χ4v) is 3.73. The Kier molecular flexibility index (Phi) is 1.85. The standard InChI is InChI=1S/C7H5ClS2/c8-5-1-2-6-7(3-5)10-4-9-6/h1-3H,4H2/p+1. The van der Waals surface area contributed by atoms with E-state index >= 15 is 0 Å². The third-order valence-corrected chi connectivity index (χ3v) is 4.18. The molecule has 0 amide bonds. The summed E-state index contributed by atoms with van der Waals surface area (Å²) in [6, 6.07) is 6.11. The molecule has 2 rings (SSSR count). The van der Waals surface area contributed by atoms with E-state index in [1.54, 1.807) is 0 Å². The predicted molar refractivity (Wildman–Crippen MR) is 49.2 cm³/mol. The molecular formula is C7H6ClS2+. The molecule has 3 heteroatoms. The van der Waals surface area contributed by atoms with Crippen LogP contribution in [0.25, 0.3) is 0 Å². The van der Waals surface area contributed by atoms with Crippen LogP contribution in [0.15, 0.2) is 28.0 Å². The van der Waals surface area contributed by atoms with Crippen LogP contribution in [0.2, 0.25) is 5.02 Å². The Morgan fingerprint density at radius 1 is 1.50 bits per heavy atom. The van der Waals surface area contributed by atoms with Gasteiger partial charge in [0.2, 0.25) is 0 Å². The Hall–Kier alpha value is 0.210. The van der Waals surface area contributed by atoms with Gasteiger partial charge in [0.05, 0.1) is 4.90 Å². The molecule has 0 saturated heterocycles. The SMILES string of the molecule is Clc1ccc2c(c1)SC[SH+]2. The molecule has 0 spiro atoms. The first-order valence-electron chi connectivity index (χ1n) is 2.96. The highest BCUT2D eigenvalue weighted by Gasteiger charge is 2.18. The molecule has 0 N–H and O–H groups in total. The fourth-order valence-electron chi connectivity index (χ4n) is 0.906. The van der Waals surface area contributed by atoms with Gasteiger partial charge in [-0.3, -0.25) is 0 Å². The molecule has 0 atom stereocenters. The molecule has 52 valence electrons. The number of rotatable bonds is 0. The molecule has 1 aromatic rings. The van der Waals surface area contributed by atoms with Gasteiger partial charge in [0.15, 0.2) is 9.98 Å². The minimum absolute atomic E-state index is 0.850. The van der Waals surface area contributed by atoms with Crippen LogP contribution in [-0.2, 0) is 11.8 Å². The Bertz CT molecular complexity index is 260. The topological polar surface area (TPSA) is 0 Å². The Balaban J connectivity index is 2.52. The Morgan fingerprint density at radius 3 is 3.30 bits per heavy atom. The molecule has 0 saturated carbocycles. The first-order valence-corrected chi connectivity index (χ1v) is 5.40. The van der Waals surface area contributed by atoms with E-state index in [4.69, 9.17) is 11.6 Å². The lowest BCUT2D eigenvalue weighted by molar-refractivity contribution is 1.27. The zero-order valence-corrected chi connectivity index (χ0v) is 7.64. The van der Waals surface area contributed by atoms with E-state index in [9.17, 15) is 0 Å². The van der Waals surface area contributed by atoms with Crippen molar-refractivity contribution in [3.8, 4) is 0 Å². The van der Waals surface area contributed by atoms with Crippen LogP contribution in [-0.4, -0.2) is 5.08 Å². The Morgan fingerprint density at radius 2 is 2.40 bits per heavy atom. The van der Waals surface area contributed by atoms with Gasteiger partial charge in [0.1, 0.15) is 0 Å². The maximum absolute atomic E-state index is 5.81. The fraction of sp³-hybridized carbons (Fsp3) is 0.143. The highest BCUT2D eigenvalue weighted by atomic mass is 35.5. The minimum atomic E-state index is 0.850. The average molecular weight is 190 g/mol. The molecule has 0 unspecified atom stereocenters. The molecule has 1 heterocycles. The van der Waals surface area contributed by atoms with Crippen molar-refractivity contribution in [3.63, 3.8) is 0 Å². The highest BCUT2D eigenvalue weighted by molar-refractivity contribution is 8.10.